The minimum absolute atomic E-state index is 0.106. The molecule has 0 saturated carbocycles. The van der Waals surface area contributed by atoms with Gasteiger partial charge >= 0.3 is 0 Å². The molecule has 0 saturated heterocycles. The maximum Gasteiger partial charge on any atom is 0.242 e. The quantitative estimate of drug-likeness (QED) is 0.488. The summed E-state index contributed by atoms with van der Waals surface area (Å²) < 4.78 is 26.6. The third-order valence-electron chi connectivity index (χ3n) is 5.35. The summed E-state index contributed by atoms with van der Waals surface area (Å²) in [5.41, 5.74) is 0.749. The molecule has 0 heterocycles. The number of benzene rings is 2. The molecule has 0 radical (unpaired) electrons. The third-order valence-corrected chi connectivity index (χ3v) is 7.59. The molecule has 2 aromatic carbocycles. The van der Waals surface area contributed by atoms with E-state index < -0.39 is 16.1 Å². The van der Waals surface area contributed by atoms with E-state index in [9.17, 15) is 18.0 Å². The molecule has 0 aliphatic carbocycles. The molecule has 0 aromatic heterocycles. The molecule has 2 amide bonds. The number of nitrogens with zero attached hydrogens (tertiary/aromatic N) is 2. The molecule has 1 N–H and O–H groups in total. The van der Waals surface area contributed by atoms with Crippen molar-refractivity contribution in [2.75, 3.05) is 20.1 Å². The maximum atomic E-state index is 13.2. The predicted molar refractivity (Wildman–Crippen MR) is 130 cm³/mol. The number of carbonyl (C=O) groups excluding carboxylic acids is 2. The largest absolute Gasteiger partial charge is 0.355 e. The molecule has 1 atom stereocenters. The van der Waals surface area contributed by atoms with Gasteiger partial charge in [0.15, 0.2) is 0 Å². The minimum Gasteiger partial charge on any atom is -0.355 e. The summed E-state index contributed by atoms with van der Waals surface area (Å²) in [5, 5.41) is 3.31. The highest BCUT2D eigenvalue weighted by Crippen LogP contribution is 2.21. The molecule has 0 fully saturated rings. The number of likely N-dealkylation sites (N-methyl/N-ethyl adjacent to an activating group) is 1. The Morgan fingerprint density at radius 1 is 1.03 bits per heavy atom. The Hall–Kier alpha value is -2.42. The first-order valence-electron chi connectivity index (χ1n) is 11.0. The zero-order chi connectivity index (χ0) is 24.4. The Balaban J connectivity index is 2.12. The summed E-state index contributed by atoms with van der Waals surface area (Å²) in [6, 6.07) is 14.8. The van der Waals surface area contributed by atoms with E-state index in [1.54, 1.807) is 36.4 Å². The number of hydrogen-bond acceptors (Lipinski definition) is 4. The lowest BCUT2D eigenvalue weighted by atomic mass is 10.1. The Kier molecular flexibility index (Phi) is 10.3. The van der Waals surface area contributed by atoms with Crippen LogP contribution in [0, 0.1) is 0 Å². The number of rotatable bonds is 12. The van der Waals surface area contributed by atoms with Gasteiger partial charge in [0.25, 0.3) is 0 Å². The van der Waals surface area contributed by atoms with Crippen molar-refractivity contribution in [2.24, 2.45) is 0 Å². The molecule has 33 heavy (non-hydrogen) atoms. The molecule has 0 unspecified atom stereocenters. The second-order valence-corrected chi connectivity index (χ2v) is 10.1. The smallest absolute Gasteiger partial charge is 0.242 e. The van der Waals surface area contributed by atoms with Crippen LogP contribution >= 0.6 is 11.6 Å². The van der Waals surface area contributed by atoms with E-state index in [1.807, 2.05) is 32.0 Å². The Labute approximate surface area is 201 Å². The van der Waals surface area contributed by atoms with E-state index in [0.717, 1.165) is 5.56 Å². The van der Waals surface area contributed by atoms with Crippen LogP contribution in [0.1, 0.15) is 38.7 Å². The first-order valence-corrected chi connectivity index (χ1v) is 12.9. The molecular formula is C24H32ClN3O4S. The van der Waals surface area contributed by atoms with Gasteiger partial charge in [0.1, 0.15) is 6.04 Å². The summed E-state index contributed by atoms with van der Waals surface area (Å²) >= 11 is 6.30. The zero-order valence-electron chi connectivity index (χ0n) is 19.3. The molecule has 2 aromatic rings. The van der Waals surface area contributed by atoms with Gasteiger partial charge in [-0.2, -0.15) is 0 Å². The number of nitrogens with one attached hydrogen (secondary N) is 1. The normalized spacial score (nSPS) is 12.4. The van der Waals surface area contributed by atoms with Crippen molar-refractivity contribution in [1.82, 2.24) is 14.5 Å². The van der Waals surface area contributed by atoms with Gasteiger partial charge in [0.05, 0.1) is 4.90 Å². The Morgan fingerprint density at radius 3 is 2.27 bits per heavy atom. The lowest BCUT2D eigenvalue weighted by Crippen LogP contribution is -2.49. The van der Waals surface area contributed by atoms with Gasteiger partial charge in [-0.25, -0.2) is 12.7 Å². The van der Waals surface area contributed by atoms with Gasteiger partial charge in [-0.1, -0.05) is 54.9 Å². The van der Waals surface area contributed by atoms with Gasteiger partial charge in [-0.3, -0.25) is 9.59 Å². The van der Waals surface area contributed by atoms with E-state index in [1.165, 1.54) is 16.3 Å². The second-order valence-electron chi connectivity index (χ2n) is 7.67. The van der Waals surface area contributed by atoms with Crippen molar-refractivity contribution in [3.63, 3.8) is 0 Å². The summed E-state index contributed by atoms with van der Waals surface area (Å²) in [6.07, 6.45) is 0.881. The summed E-state index contributed by atoms with van der Waals surface area (Å²) in [4.78, 5) is 27.6. The second kappa shape index (κ2) is 12.7. The lowest BCUT2D eigenvalue weighted by Gasteiger charge is -2.31. The number of halogens is 1. The average molecular weight is 494 g/mol. The molecular weight excluding hydrogens is 462 g/mol. The van der Waals surface area contributed by atoms with Gasteiger partial charge in [-0.15, -0.1) is 0 Å². The fraction of sp³-hybridized carbons (Fsp3) is 0.417. The van der Waals surface area contributed by atoms with Crippen LogP contribution < -0.4 is 5.32 Å². The summed E-state index contributed by atoms with van der Waals surface area (Å²) in [6.45, 7) is 4.53. The summed E-state index contributed by atoms with van der Waals surface area (Å²) in [5.74, 6) is -0.442. The highest BCUT2D eigenvalue weighted by atomic mass is 35.5. The molecule has 0 bridgehead atoms. The van der Waals surface area contributed by atoms with Crippen LogP contribution in [0.2, 0.25) is 5.02 Å². The van der Waals surface area contributed by atoms with Gasteiger partial charge in [0.2, 0.25) is 21.8 Å². The molecule has 2 rings (SSSR count). The fourth-order valence-electron chi connectivity index (χ4n) is 3.51. The molecule has 7 nitrogen and oxygen atoms in total. The van der Waals surface area contributed by atoms with E-state index in [2.05, 4.69) is 5.32 Å². The maximum absolute atomic E-state index is 13.2. The molecule has 0 spiro atoms. The first kappa shape index (κ1) is 26.8. The number of amides is 2. The van der Waals surface area contributed by atoms with Crippen LogP contribution in [0.5, 0.6) is 0 Å². The molecule has 0 aliphatic rings. The number of carbonyl (C=O) groups is 2. The van der Waals surface area contributed by atoms with Crippen molar-refractivity contribution in [3.05, 3.63) is 65.2 Å². The van der Waals surface area contributed by atoms with Crippen molar-refractivity contribution in [2.45, 2.75) is 50.6 Å². The fourth-order valence-corrected chi connectivity index (χ4v) is 4.94. The highest BCUT2D eigenvalue weighted by molar-refractivity contribution is 7.89. The van der Waals surface area contributed by atoms with Crippen LogP contribution in [0.25, 0.3) is 0 Å². The molecule has 9 heteroatoms. The highest BCUT2D eigenvalue weighted by Gasteiger charge is 2.29. The van der Waals surface area contributed by atoms with Crippen LogP contribution in [-0.4, -0.2) is 55.6 Å². The van der Waals surface area contributed by atoms with Crippen molar-refractivity contribution >= 4 is 33.4 Å². The van der Waals surface area contributed by atoms with Crippen LogP contribution in [0.3, 0.4) is 0 Å². The van der Waals surface area contributed by atoms with Crippen LogP contribution in [-0.2, 0) is 26.2 Å². The van der Waals surface area contributed by atoms with E-state index in [0.29, 0.717) is 24.4 Å². The minimum atomic E-state index is -3.63. The first-order chi connectivity index (χ1) is 15.7. The third kappa shape index (κ3) is 7.28. The Morgan fingerprint density at radius 2 is 1.67 bits per heavy atom. The van der Waals surface area contributed by atoms with Crippen molar-refractivity contribution in [3.8, 4) is 0 Å². The number of sulfonamides is 1. The Bertz CT molecular complexity index is 1030. The lowest BCUT2D eigenvalue weighted by molar-refractivity contribution is -0.141. The van der Waals surface area contributed by atoms with E-state index in [-0.39, 0.29) is 36.2 Å². The standard InChI is InChI=1S/C24H32ClN3O4S/c1-4-22(24(30)26-5-2)28(18-19-12-9-10-15-21(19)25)23(29)16-11-17-27(3)33(31,32)20-13-7-6-8-14-20/h6-10,12-15,22H,4-5,11,16-18H2,1-3H3,(H,26,30)/t22-/m0/s1. The summed E-state index contributed by atoms with van der Waals surface area (Å²) in [7, 11) is -2.13. The zero-order valence-corrected chi connectivity index (χ0v) is 20.9. The monoisotopic (exact) mass is 493 g/mol. The van der Waals surface area contributed by atoms with Gasteiger partial charge in [-0.05, 0) is 43.5 Å². The molecule has 0 aliphatic heterocycles. The van der Waals surface area contributed by atoms with E-state index in [4.69, 9.17) is 11.6 Å². The average Bonchev–Trinajstić information content (AvgIpc) is 2.80. The van der Waals surface area contributed by atoms with Gasteiger partial charge in [0, 0.05) is 38.1 Å². The van der Waals surface area contributed by atoms with Crippen molar-refractivity contribution < 1.29 is 18.0 Å². The van der Waals surface area contributed by atoms with Crippen LogP contribution in [0.4, 0.5) is 0 Å². The van der Waals surface area contributed by atoms with Gasteiger partial charge < -0.3 is 10.2 Å². The SMILES string of the molecule is CCNC(=O)[C@H](CC)N(Cc1ccccc1Cl)C(=O)CCCN(C)S(=O)(=O)c1ccccc1. The predicted octanol–water partition coefficient (Wildman–Crippen LogP) is 3.68. The topological polar surface area (TPSA) is 86.8 Å². The van der Waals surface area contributed by atoms with Crippen molar-refractivity contribution in [1.29, 1.82) is 0 Å². The number of hydrogen-bond donors (Lipinski definition) is 1. The van der Waals surface area contributed by atoms with E-state index >= 15 is 0 Å². The molecule has 180 valence electrons. The van der Waals surface area contributed by atoms with Crippen LogP contribution in [0.15, 0.2) is 59.5 Å².